The summed E-state index contributed by atoms with van der Waals surface area (Å²) in [5.41, 5.74) is 1.72. The van der Waals surface area contributed by atoms with Crippen LogP contribution >= 0.6 is 24.0 Å². The van der Waals surface area contributed by atoms with Crippen molar-refractivity contribution in [1.82, 2.24) is 10.6 Å². The monoisotopic (exact) mass is 377 g/mol. The number of nitrogens with zero attached hydrogens (tertiary/aromatic N) is 1. The van der Waals surface area contributed by atoms with Crippen LogP contribution in [0, 0.1) is 0 Å². The van der Waals surface area contributed by atoms with Crippen LogP contribution in [0.2, 0.25) is 0 Å². The van der Waals surface area contributed by atoms with E-state index in [0.29, 0.717) is 5.56 Å². The number of benzene rings is 1. The number of halogens is 1. The highest BCUT2D eigenvalue weighted by Gasteiger charge is 2.04. The molecular weight excluding hydrogens is 357 g/mol. The van der Waals surface area contributed by atoms with E-state index in [1.165, 1.54) is 7.11 Å². The van der Waals surface area contributed by atoms with Gasteiger partial charge in [0.1, 0.15) is 0 Å². The Labute approximate surface area is 130 Å². The van der Waals surface area contributed by atoms with Crippen LogP contribution in [0.1, 0.15) is 15.9 Å². The number of rotatable bonds is 4. The van der Waals surface area contributed by atoms with Crippen LogP contribution < -0.4 is 10.6 Å². The van der Waals surface area contributed by atoms with Gasteiger partial charge in [0.2, 0.25) is 0 Å². The van der Waals surface area contributed by atoms with Crippen LogP contribution in [-0.2, 0) is 11.2 Å². The molecule has 0 spiro atoms. The first-order chi connectivity index (χ1) is 8.71. The minimum Gasteiger partial charge on any atom is -0.465 e. The summed E-state index contributed by atoms with van der Waals surface area (Å²) in [5, 5.41) is 6.11. The lowest BCUT2D eigenvalue weighted by Crippen LogP contribution is -2.35. The van der Waals surface area contributed by atoms with Crippen molar-refractivity contribution in [3.63, 3.8) is 0 Å². The number of carbonyl (C=O) groups excluding carboxylic acids is 1. The highest BCUT2D eigenvalue weighted by molar-refractivity contribution is 14.0. The third kappa shape index (κ3) is 5.91. The highest BCUT2D eigenvalue weighted by Crippen LogP contribution is 2.05. The average Bonchev–Trinajstić information content (AvgIpc) is 2.43. The molecule has 5 nitrogen and oxygen atoms in total. The Morgan fingerprint density at radius 1 is 1.32 bits per heavy atom. The Bertz CT molecular complexity index is 418. The van der Waals surface area contributed by atoms with Gasteiger partial charge in [0.15, 0.2) is 5.96 Å². The van der Waals surface area contributed by atoms with Crippen LogP contribution in [0.5, 0.6) is 0 Å². The molecule has 2 N–H and O–H groups in total. The third-order valence-electron chi connectivity index (χ3n) is 2.54. The maximum Gasteiger partial charge on any atom is 0.337 e. The van der Waals surface area contributed by atoms with Gasteiger partial charge in [-0.1, -0.05) is 12.1 Å². The van der Waals surface area contributed by atoms with Crippen LogP contribution in [0.25, 0.3) is 0 Å². The van der Waals surface area contributed by atoms with Crippen LogP contribution in [0.3, 0.4) is 0 Å². The number of esters is 1. The van der Waals surface area contributed by atoms with E-state index in [1.807, 2.05) is 19.2 Å². The molecule has 0 aliphatic rings. The van der Waals surface area contributed by atoms with E-state index in [1.54, 1.807) is 19.2 Å². The molecular formula is C13H20IN3O2. The van der Waals surface area contributed by atoms with E-state index < -0.39 is 0 Å². The zero-order valence-corrected chi connectivity index (χ0v) is 13.7. The third-order valence-corrected chi connectivity index (χ3v) is 2.54. The van der Waals surface area contributed by atoms with Crippen molar-refractivity contribution >= 4 is 35.9 Å². The number of hydrogen-bond donors (Lipinski definition) is 2. The number of ether oxygens (including phenoxy) is 1. The van der Waals surface area contributed by atoms with Gasteiger partial charge in [0.25, 0.3) is 0 Å². The summed E-state index contributed by atoms with van der Waals surface area (Å²) in [7, 11) is 4.92. The zero-order valence-electron chi connectivity index (χ0n) is 11.4. The van der Waals surface area contributed by atoms with Crippen molar-refractivity contribution in [2.75, 3.05) is 27.7 Å². The van der Waals surface area contributed by atoms with E-state index >= 15 is 0 Å². The van der Waals surface area contributed by atoms with Crippen LogP contribution in [0.15, 0.2) is 29.3 Å². The molecule has 19 heavy (non-hydrogen) atoms. The second-order valence-electron chi connectivity index (χ2n) is 3.69. The molecule has 1 rings (SSSR count). The van der Waals surface area contributed by atoms with Crippen molar-refractivity contribution in [3.05, 3.63) is 35.4 Å². The fourth-order valence-corrected chi connectivity index (χ4v) is 1.53. The predicted octanol–water partition coefficient (Wildman–Crippen LogP) is 1.43. The molecule has 1 aromatic rings. The van der Waals surface area contributed by atoms with Crippen LogP contribution in [0.4, 0.5) is 0 Å². The molecule has 106 valence electrons. The molecule has 0 aliphatic heterocycles. The fourth-order valence-electron chi connectivity index (χ4n) is 1.53. The second-order valence-corrected chi connectivity index (χ2v) is 3.69. The summed E-state index contributed by atoms with van der Waals surface area (Å²) in [5.74, 6) is 0.455. The Balaban J connectivity index is 0.00000324. The van der Waals surface area contributed by atoms with Gasteiger partial charge in [0.05, 0.1) is 12.7 Å². The second kappa shape index (κ2) is 9.60. The summed E-state index contributed by atoms with van der Waals surface area (Å²) in [4.78, 5) is 15.3. The Morgan fingerprint density at radius 3 is 2.42 bits per heavy atom. The summed E-state index contributed by atoms with van der Waals surface area (Å²) in [6.45, 7) is 0.783. The fraction of sp³-hybridized carbons (Fsp3) is 0.385. The molecule has 0 fully saturated rings. The maximum absolute atomic E-state index is 11.2. The molecule has 6 heteroatoms. The molecule has 0 atom stereocenters. The van der Waals surface area contributed by atoms with Gasteiger partial charge in [-0.05, 0) is 24.1 Å². The van der Waals surface area contributed by atoms with Crippen molar-refractivity contribution in [1.29, 1.82) is 0 Å². The first-order valence-corrected chi connectivity index (χ1v) is 5.77. The summed E-state index contributed by atoms with van der Waals surface area (Å²) in [6.07, 6.45) is 0.863. The Kier molecular flexibility index (Phi) is 8.94. The minimum atomic E-state index is -0.310. The molecule has 0 bridgehead atoms. The Morgan fingerprint density at radius 2 is 1.95 bits per heavy atom. The van der Waals surface area contributed by atoms with E-state index in [9.17, 15) is 4.79 Å². The van der Waals surface area contributed by atoms with Gasteiger partial charge in [0, 0.05) is 20.6 Å². The standard InChI is InChI=1S/C13H19N3O2.HI/c1-14-13(15-2)16-9-8-10-4-6-11(7-5-10)12(17)18-3;/h4-7H,8-9H2,1-3H3,(H2,14,15,16);1H. The van der Waals surface area contributed by atoms with E-state index in [-0.39, 0.29) is 29.9 Å². The van der Waals surface area contributed by atoms with Crippen molar-refractivity contribution in [2.24, 2.45) is 4.99 Å². The first-order valence-electron chi connectivity index (χ1n) is 5.77. The largest absolute Gasteiger partial charge is 0.465 e. The maximum atomic E-state index is 11.2. The van der Waals surface area contributed by atoms with Gasteiger partial charge in [-0.25, -0.2) is 4.79 Å². The topological polar surface area (TPSA) is 62.7 Å². The summed E-state index contributed by atoms with van der Waals surface area (Å²) in [6, 6.07) is 7.40. The smallest absolute Gasteiger partial charge is 0.337 e. The molecule has 1 aromatic carbocycles. The molecule has 0 heterocycles. The SMILES string of the molecule is CN=C(NC)NCCc1ccc(C(=O)OC)cc1.I. The van der Waals surface area contributed by atoms with Gasteiger partial charge < -0.3 is 15.4 Å². The van der Waals surface area contributed by atoms with Crippen molar-refractivity contribution in [3.8, 4) is 0 Å². The lowest BCUT2D eigenvalue weighted by molar-refractivity contribution is 0.0600. The normalized spacial score (nSPS) is 10.4. The number of carbonyl (C=O) groups is 1. The molecule has 0 aliphatic carbocycles. The Hall–Kier alpha value is -1.31. The first kappa shape index (κ1) is 17.7. The quantitative estimate of drug-likeness (QED) is 0.361. The number of nitrogens with one attached hydrogen (secondary N) is 2. The number of methoxy groups -OCH3 is 1. The minimum absolute atomic E-state index is 0. The predicted molar refractivity (Wildman–Crippen MR) is 87.3 cm³/mol. The number of hydrogen-bond acceptors (Lipinski definition) is 3. The number of guanidine groups is 1. The van der Waals surface area contributed by atoms with E-state index in [2.05, 4.69) is 20.4 Å². The molecule has 0 saturated heterocycles. The zero-order chi connectivity index (χ0) is 13.4. The molecule has 0 saturated carbocycles. The molecule has 0 unspecified atom stereocenters. The lowest BCUT2D eigenvalue weighted by atomic mass is 10.1. The van der Waals surface area contributed by atoms with Crippen molar-refractivity contribution < 1.29 is 9.53 Å². The van der Waals surface area contributed by atoms with E-state index in [4.69, 9.17) is 0 Å². The highest BCUT2D eigenvalue weighted by atomic mass is 127. The summed E-state index contributed by atoms with van der Waals surface area (Å²) >= 11 is 0. The average molecular weight is 377 g/mol. The molecule has 0 amide bonds. The van der Waals surface area contributed by atoms with Crippen molar-refractivity contribution in [2.45, 2.75) is 6.42 Å². The lowest BCUT2D eigenvalue weighted by Gasteiger charge is -2.08. The van der Waals surface area contributed by atoms with E-state index in [0.717, 1.165) is 24.5 Å². The van der Waals surface area contributed by atoms with Gasteiger partial charge in [-0.3, -0.25) is 4.99 Å². The summed E-state index contributed by atoms with van der Waals surface area (Å²) < 4.78 is 4.64. The van der Waals surface area contributed by atoms with Crippen LogP contribution in [-0.4, -0.2) is 39.7 Å². The van der Waals surface area contributed by atoms with Gasteiger partial charge >= 0.3 is 5.97 Å². The van der Waals surface area contributed by atoms with Gasteiger partial charge in [-0.2, -0.15) is 0 Å². The number of aliphatic imine (C=N–C) groups is 1. The molecule has 0 radical (unpaired) electrons. The van der Waals surface area contributed by atoms with Gasteiger partial charge in [-0.15, -0.1) is 24.0 Å². The molecule has 0 aromatic heterocycles.